The number of nitrogens with zero attached hydrogens (tertiary/aromatic N) is 1. The summed E-state index contributed by atoms with van der Waals surface area (Å²) in [6.45, 7) is 0.462. The van der Waals surface area contributed by atoms with Gasteiger partial charge in [0.25, 0.3) is 0 Å². The van der Waals surface area contributed by atoms with E-state index in [0.29, 0.717) is 6.54 Å². The summed E-state index contributed by atoms with van der Waals surface area (Å²) in [6, 6.07) is 5.53. The van der Waals surface area contributed by atoms with E-state index >= 15 is 0 Å². The Hall–Kier alpha value is -0.840. The second kappa shape index (κ2) is 8.74. The molecule has 0 radical (unpaired) electrons. The van der Waals surface area contributed by atoms with Gasteiger partial charge in [-0.25, -0.2) is 0 Å². The number of aromatic nitrogens is 1. The average Bonchev–Trinajstić information content (AvgIpc) is 2.05. The molecule has 0 bridgehead atoms. The van der Waals surface area contributed by atoms with Gasteiger partial charge in [0.2, 0.25) is 0 Å². The summed E-state index contributed by atoms with van der Waals surface area (Å²) in [6.07, 6.45) is 1.68. The van der Waals surface area contributed by atoms with E-state index in [4.69, 9.17) is 5.11 Å². The second-order valence-electron chi connectivity index (χ2n) is 2.32. The van der Waals surface area contributed by atoms with Crippen LogP contribution in [0.1, 0.15) is 5.69 Å². The molecule has 0 amide bonds. The Kier molecular flexibility index (Phi) is 9.76. The average molecular weight is 239 g/mol. The third-order valence-corrected chi connectivity index (χ3v) is 1.31. The fraction of sp³-hybridized carbons (Fsp3) is 0.250. The second-order valence-corrected chi connectivity index (χ2v) is 2.32. The molecule has 0 aromatic carbocycles. The van der Waals surface area contributed by atoms with Gasteiger partial charge in [0.1, 0.15) is 0 Å². The smallest absolute Gasteiger partial charge is 0.317 e. The standard InChI is InChI=1S/C8H10N2O2.2ClH/c11-8(12)6-9-5-7-3-1-2-4-10-7;;/h1-4,9H,5-6H2,(H,11,12);2*1H. The van der Waals surface area contributed by atoms with Gasteiger partial charge in [-0.2, -0.15) is 0 Å². The van der Waals surface area contributed by atoms with Crippen LogP contribution in [0.15, 0.2) is 24.4 Å². The van der Waals surface area contributed by atoms with Crippen LogP contribution in [0.3, 0.4) is 0 Å². The van der Waals surface area contributed by atoms with E-state index in [1.54, 1.807) is 6.20 Å². The normalized spacial score (nSPS) is 8.29. The molecular weight excluding hydrogens is 227 g/mol. The molecule has 80 valence electrons. The van der Waals surface area contributed by atoms with E-state index in [1.807, 2.05) is 18.2 Å². The molecule has 14 heavy (non-hydrogen) atoms. The molecule has 1 rings (SSSR count). The molecule has 0 aliphatic heterocycles. The van der Waals surface area contributed by atoms with Gasteiger partial charge in [-0.3, -0.25) is 9.78 Å². The van der Waals surface area contributed by atoms with Crippen LogP contribution in [-0.4, -0.2) is 22.6 Å². The van der Waals surface area contributed by atoms with Gasteiger partial charge >= 0.3 is 5.97 Å². The van der Waals surface area contributed by atoms with Crippen LogP contribution < -0.4 is 5.32 Å². The molecule has 0 saturated heterocycles. The summed E-state index contributed by atoms with van der Waals surface area (Å²) < 4.78 is 0. The summed E-state index contributed by atoms with van der Waals surface area (Å²) in [5, 5.41) is 11.0. The minimum Gasteiger partial charge on any atom is -0.480 e. The highest BCUT2D eigenvalue weighted by Gasteiger charge is 1.95. The fourth-order valence-corrected chi connectivity index (χ4v) is 0.800. The van der Waals surface area contributed by atoms with Crippen LogP contribution in [0.2, 0.25) is 0 Å². The molecule has 1 aromatic heterocycles. The van der Waals surface area contributed by atoms with Gasteiger partial charge < -0.3 is 10.4 Å². The Bertz CT molecular complexity index is 257. The highest BCUT2D eigenvalue weighted by Crippen LogP contribution is 1.90. The van der Waals surface area contributed by atoms with Crippen molar-refractivity contribution in [2.75, 3.05) is 6.54 Å². The van der Waals surface area contributed by atoms with Gasteiger partial charge in [-0.1, -0.05) is 6.07 Å². The lowest BCUT2D eigenvalue weighted by molar-refractivity contribution is -0.135. The van der Waals surface area contributed by atoms with Crippen molar-refractivity contribution in [2.24, 2.45) is 0 Å². The Balaban J connectivity index is 0. The van der Waals surface area contributed by atoms with E-state index in [1.165, 1.54) is 0 Å². The number of carbonyl (C=O) groups is 1. The first-order valence-corrected chi connectivity index (χ1v) is 3.61. The Morgan fingerprint density at radius 1 is 1.43 bits per heavy atom. The first kappa shape index (κ1) is 15.6. The van der Waals surface area contributed by atoms with Gasteiger partial charge in [0.15, 0.2) is 0 Å². The van der Waals surface area contributed by atoms with Crippen molar-refractivity contribution < 1.29 is 9.90 Å². The van der Waals surface area contributed by atoms with E-state index in [-0.39, 0.29) is 31.4 Å². The summed E-state index contributed by atoms with van der Waals surface area (Å²) in [5.41, 5.74) is 0.846. The maximum absolute atomic E-state index is 10.1. The Morgan fingerprint density at radius 2 is 2.14 bits per heavy atom. The van der Waals surface area contributed by atoms with Crippen LogP contribution in [0.5, 0.6) is 0 Å². The zero-order valence-corrected chi connectivity index (χ0v) is 8.98. The molecule has 0 fully saturated rings. The molecule has 0 aliphatic carbocycles. The van der Waals surface area contributed by atoms with E-state index in [0.717, 1.165) is 5.69 Å². The number of halogens is 2. The number of rotatable bonds is 4. The summed E-state index contributed by atoms with van der Waals surface area (Å²) in [4.78, 5) is 14.1. The maximum atomic E-state index is 10.1. The number of nitrogens with one attached hydrogen (secondary N) is 1. The fourth-order valence-electron chi connectivity index (χ4n) is 0.800. The first-order chi connectivity index (χ1) is 5.79. The predicted molar refractivity (Wildman–Crippen MR) is 58.1 cm³/mol. The van der Waals surface area contributed by atoms with Crippen LogP contribution in [-0.2, 0) is 11.3 Å². The van der Waals surface area contributed by atoms with Crippen LogP contribution in [0.25, 0.3) is 0 Å². The van der Waals surface area contributed by atoms with Crippen LogP contribution >= 0.6 is 24.8 Å². The number of pyridine rings is 1. The highest BCUT2D eigenvalue weighted by molar-refractivity contribution is 5.85. The van der Waals surface area contributed by atoms with E-state index in [2.05, 4.69) is 10.3 Å². The highest BCUT2D eigenvalue weighted by atomic mass is 35.5. The van der Waals surface area contributed by atoms with Crippen molar-refractivity contribution in [3.05, 3.63) is 30.1 Å². The first-order valence-electron chi connectivity index (χ1n) is 3.61. The van der Waals surface area contributed by atoms with Crippen LogP contribution in [0.4, 0.5) is 0 Å². The van der Waals surface area contributed by atoms with Gasteiger partial charge in [-0.15, -0.1) is 24.8 Å². The van der Waals surface area contributed by atoms with Crippen molar-refractivity contribution in [3.8, 4) is 0 Å². The van der Waals surface area contributed by atoms with Crippen molar-refractivity contribution in [2.45, 2.75) is 6.54 Å². The molecular formula is C8H12Cl2N2O2. The monoisotopic (exact) mass is 238 g/mol. The minimum atomic E-state index is -0.856. The lowest BCUT2D eigenvalue weighted by Crippen LogP contribution is -2.22. The SMILES string of the molecule is Cl.Cl.O=C(O)CNCc1ccccn1. The third-order valence-electron chi connectivity index (χ3n) is 1.31. The number of carboxylic acid groups (broad SMARTS) is 1. The lowest BCUT2D eigenvalue weighted by Gasteiger charge is -1.99. The van der Waals surface area contributed by atoms with Gasteiger partial charge in [-0.05, 0) is 12.1 Å². The zero-order chi connectivity index (χ0) is 8.81. The summed E-state index contributed by atoms with van der Waals surface area (Å²) in [7, 11) is 0. The molecule has 0 atom stereocenters. The molecule has 1 aromatic rings. The molecule has 4 nitrogen and oxygen atoms in total. The zero-order valence-electron chi connectivity index (χ0n) is 7.34. The summed E-state index contributed by atoms with van der Waals surface area (Å²) >= 11 is 0. The van der Waals surface area contributed by atoms with Gasteiger partial charge in [0.05, 0.1) is 12.2 Å². The van der Waals surface area contributed by atoms with Crippen molar-refractivity contribution in [1.82, 2.24) is 10.3 Å². The van der Waals surface area contributed by atoms with Crippen molar-refractivity contribution >= 4 is 30.8 Å². The Morgan fingerprint density at radius 3 is 2.64 bits per heavy atom. The number of hydrogen-bond donors (Lipinski definition) is 2. The number of aliphatic carboxylic acids is 1. The topological polar surface area (TPSA) is 62.2 Å². The molecule has 0 saturated carbocycles. The number of hydrogen-bond acceptors (Lipinski definition) is 3. The van der Waals surface area contributed by atoms with E-state index < -0.39 is 5.97 Å². The van der Waals surface area contributed by atoms with E-state index in [9.17, 15) is 4.79 Å². The lowest BCUT2D eigenvalue weighted by atomic mass is 10.3. The molecule has 0 spiro atoms. The molecule has 2 N–H and O–H groups in total. The third kappa shape index (κ3) is 6.65. The van der Waals surface area contributed by atoms with Gasteiger partial charge in [0, 0.05) is 12.7 Å². The number of carboxylic acids is 1. The summed E-state index contributed by atoms with van der Waals surface area (Å²) in [5.74, 6) is -0.856. The van der Waals surface area contributed by atoms with Crippen molar-refractivity contribution in [1.29, 1.82) is 0 Å². The predicted octanol–water partition coefficient (Wildman–Crippen LogP) is 1.10. The van der Waals surface area contributed by atoms with Crippen LogP contribution in [0, 0.1) is 0 Å². The molecule has 0 aliphatic rings. The quantitative estimate of drug-likeness (QED) is 0.825. The van der Waals surface area contributed by atoms with Crippen molar-refractivity contribution in [3.63, 3.8) is 0 Å². The Labute approximate surface area is 94.6 Å². The maximum Gasteiger partial charge on any atom is 0.317 e. The molecule has 6 heteroatoms. The molecule has 0 unspecified atom stereocenters. The molecule has 1 heterocycles. The minimum absolute atomic E-state index is 0. The largest absolute Gasteiger partial charge is 0.480 e.